The summed E-state index contributed by atoms with van der Waals surface area (Å²) in [4.78, 5) is 0. The zero-order chi connectivity index (χ0) is 7.73. The van der Waals surface area contributed by atoms with Crippen LogP contribution in [0.3, 0.4) is 0 Å². The molecular weight excluding hydrogens is 140 g/mol. The second-order valence-corrected chi connectivity index (χ2v) is 3.90. The molecule has 2 heteroatoms. The van der Waals surface area contributed by atoms with Crippen molar-refractivity contribution in [3.05, 3.63) is 0 Å². The summed E-state index contributed by atoms with van der Waals surface area (Å²) in [5, 5.41) is 0. The van der Waals surface area contributed by atoms with Gasteiger partial charge in [-0.1, -0.05) is 12.8 Å². The molecule has 0 aromatic heterocycles. The molecule has 2 rings (SSSR count). The van der Waals surface area contributed by atoms with Gasteiger partial charge in [0.05, 0.1) is 13.2 Å². The van der Waals surface area contributed by atoms with Crippen molar-refractivity contribution >= 4 is 0 Å². The Morgan fingerprint density at radius 1 is 1.09 bits per heavy atom. The largest absolute Gasteiger partial charge is 0.352 e. The molecule has 1 heterocycles. The van der Waals surface area contributed by atoms with E-state index in [-0.39, 0.29) is 6.29 Å². The van der Waals surface area contributed by atoms with Crippen LogP contribution in [0.2, 0.25) is 0 Å². The first-order valence-electron chi connectivity index (χ1n) is 4.54. The maximum absolute atomic E-state index is 5.49. The molecule has 0 radical (unpaired) electrons. The van der Waals surface area contributed by atoms with Crippen LogP contribution >= 0.6 is 0 Å². The molecule has 1 aliphatic heterocycles. The van der Waals surface area contributed by atoms with Crippen LogP contribution in [-0.2, 0) is 9.47 Å². The van der Waals surface area contributed by atoms with Gasteiger partial charge in [0.2, 0.25) is 0 Å². The van der Waals surface area contributed by atoms with E-state index in [0.29, 0.717) is 5.41 Å². The fourth-order valence-electron chi connectivity index (χ4n) is 2.09. The molecule has 2 nitrogen and oxygen atoms in total. The van der Waals surface area contributed by atoms with Crippen molar-refractivity contribution in [2.75, 3.05) is 13.2 Å². The summed E-state index contributed by atoms with van der Waals surface area (Å²) in [6.45, 7) is 3.82. The van der Waals surface area contributed by atoms with Crippen LogP contribution in [0.1, 0.15) is 32.6 Å². The third-order valence-electron chi connectivity index (χ3n) is 2.91. The molecular formula is C9H16O2. The molecule has 2 aliphatic rings. The lowest BCUT2D eigenvalue weighted by molar-refractivity contribution is -0.219. The van der Waals surface area contributed by atoms with Crippen LogP contribution in [0.25, 0.3) is 0 Å². The minimum absolute atomic E-state index is 0.0289. The fraction of sp³-hybridized carbons (Fsp3) is 1.00. The molecule has 0 aromatic rings. The second-order valence-electron chi connectivity index (χ2n) is 3.90. The molecule has 11 heavy (non-hydrogen) atoms. The van der Waals surface area contributed by atoms with Crippen molar-refractivity contribution in [1.82, 2.24) is 0 Å². The van der Waals surface area contributed by atoms with Crippen LogP contribution < -0.4 is 0 Å². The Kier molecular flexibility index (Phi) is 1.90. The summed E-state index contributed by atoms with van der Waals surface area (Å²) in [5.41, 5.74) is 0.409. The minimum Gasteiger partial charge on any atom is -0.352 e. The van der Waals surface area contributed by atoms with Crippen molar-refractivity contribution in [2.45, 2.75) is 38.9 Å². The van der Waals surface area contributed by atoms with Gasteiger partial charge in [-0.15, -0.1) is 0 Å². The average molecular weight is 156 g/mol. The monoisotopic (exact) mass is 156 g/mol. The quantitative estimate of drug-likeness (QED) is 0.533. The van der Waals surface area contributed by atoms with E-state index in [2.05, 4.69) is 0 Å². The summed E-state index contributed by atoms with van der Waals surface area (Å²) in [6, 6.07) is 0. The number of rotatable bonds is 0. The average Bonchev–Trinajstić information content (AvgIpc) is 2.45. The predicted octanol–water partition coefficient (Wildman–Crippen LogP) is 1.94. The summed E-state index contributed by atoms with van der Waals surface area (Å²) >= 11 is 0. The third-order valence-corrected chi connectivity index (χ3v) is 2.91. The fourth-order valence-corrected chi connectivity index (χ4v) is 2.09. The van der Waals surface area contributed by atoms with Gasteiger partial charge < -0.3 is 9.47 Å². The molecule has 2 fully saturated rings. The molecule has 0 unspecified atom stereocenters. The van der Waals surface area contributed by atoms with Crippen LogP contribution in [0.4, 0.5) is 0 Å². The Labute approximate surface area is 67.9 Å². The molecule has 0 aromatic carbocycles. The Hall–Kier alpha value is -0.0800. The van der Waals surface area contributed by atoms with Gasteiger partial charge in [-0.25, -0.2) is 0 Å². The Balaban J connectivity index is 1.94. The topological polar surface area (TPSA) is 18.5 Å². The van der Waals surface area contributed by atoms with Gasteiger partial charge in [-0.05, 0) is 19.8 Å². The van der Waals surface area contributed by atoms with Crippen LogP contribution in [0.15, 0.2) is 0 Å². The van der Waals surface area contributed by atoms with Crippen molar-refractivity contribution in [2.24, 2.45) is 5.41 Å². The van der Waals surface area contributed by atoms with E-state index >= 15 is 0 Å². The zero-order valence-corrected chi connectivity index (χ0v) is 7.14. The Morgan fingerprint density at radius 3 is 2.18 bits per heavy atom. The molecule has 1 aliphatic carbocycles. The highest BCUT2D eigenvalue weighted by atomic mass is 16.7. The van der Waals surface area contributed by atoms with E-state index in [0.717, 1.165) is 13.2 Å². The van der Waals surface area contributed by atoms with Crippen molar-refractivity contribution in [3.8, 4) is 0 Å². The molecule has 0 atom stereocenters. The molecule has 0 amide bonds. The van der Waals surface area contributed by atoms with Gasteiger partial charge >= 0.3 is 0 Å². The molecule has 0 N–H and O–H groups in total. The second kappa shape index (κ2) is 2.76. The maximum atomic E-state index is 5.49. The predicted molar refractivity (Wildman–Crippen MR) is 42.3 cm³/mol. The highest BCUT2D eigenvalue weighted by Gasteiger charge is 2.38. The minimum atomic E-state index is 0.0289. The normalized spacial score (nSPS) is 31.4. The number of hydrogen-bond donors (Lipinski definition) is 0. The summed E-state index contributed by atoms with van der Waals surface area (Å²) < 4.78 is 11.0. The molecule has 0 bridgehead atoms. The van der Waals surface area contributed by atoms with Crippen LogP contribution in [0.5, 0.6) is 0 Å². The van der Waals surface area contributed by atoms with E-state index in [1.807, 2.05) is 6.92 Å². The van der Waals surface area contributed by atoms with Crippen molar-refractivity contribution in [3.63, 3.8) is 0 Å². The van der Waals surface area contributed by atoms with E-state index in [1.54, 1.807) is 0 Å². The molecule has 1 saturated carbocycles. The Morgan fingerprint density at radius 2 is 1.64 bits per heavy atom. The van der Waals surface area contributed by atoms with Gasteiger partial charge in [0.1, 0.15) is 0 Å². The SMILES string of the molecule is CC1OCC2(CCCC2)CO1. The smallest absolute Gasteiger partial charge is 0.154 e. The van der Waals surface area contributed by atoms with Crippen molar-refractivity contribution < 1.29 is 9.47 Å². The molecule has 1 spiro atoms. The van der Waals surface area contributed by atoms with Gasteiger partial charge in [0.25, 0.3) is 0 Å². The van der Waals surface area contributed by atoms with Crippen LogP contribution in [-0.4, -0.2) is 19.5 Å². The van der Waals surface area contributed by atoms with E-state index in [1.165, 1.54) is 25.7 Å². The summed E-state index contributed by atoms with van der Waals surface area (Å²) in [6.07, 6.45) is 5.36. The number of hydrogen-bond acceptors (Lipinski definition) is 2. The lowest BCUT2D eigenvalue weighted by Gasteiger charge is -2.35. The molecule has 64 valence electrons. The lowest BCUT2D eigenvalue weighted by atomic mass is 9.88. The van der Waals surface area contributed by atoms with E-state index in [9.17, 15) is 0 Å². The van der Waals surface area contributed by atoms with E-state index < -0.39 is 0 Å². The summed E-state index contributed by atoms with van der Waals surface area (Å²) in [7, 11) is 0. The van der Waals surface area contributed by atoms with Crippen LogP contribution in [0, 0.1) is 5.41 Å². The van der Waals surface area contributed by atoms with Gasteiger partial charge in [-0.3, -0.25) is 0 Å². The highest BCUT2D eigenvalue weighted by molar-refractivity contribution is 4.86. The maximum Gasteiger partial charge on any atom is 0.154 e. The van der Waals surface area contributed by atoms with E-state index in [4.69, 9.17) is 9.47 Å². The lowest BCUT2D eigenvalue weighted by Crippen LogP contribution is -2.38. The van der Waals surface area contributed by atoms with Gasteiger partial charge in [-0.2, -0.15) is 0 Å². The standard InChI is InChI=1S/C9H16O2/c1-8-10-6-9(7-11-8)4-2-3-5-9/h8H,2-7H2,1H3. The van der Waals surface area contributed by atoms with Crippen molar-refractivity contribution in [1.29, 1.82) is 0 Å². The first kappa shape index (κ1) is 7.56. The first-order chi connectivity index (χ1) is 5.31. The summed E-state index contributed by atoms with van der Waals surface area (Å²) in [5.74, 6) is 0. The highest BCUT2D eigenvalue weighted by Crippen LogP contribution is 2.40. The number of ether oxygens (including phenoxy) is 2. The zero-order valence-electron chi connectivity index (χ0n) is 7.14. The molecule has 1 saturated heterocycles. The third kappa shape index (κ3) is 1.42. The van der Waals surface area contributed by atoms with Gasteiger partial charge in [0, 0.05) is 5.41 Å². The van der Waals surface area contributed by atoms with Gasteiger partial charge in [0.15, 0.2) is 6.29 Å². The first-order valence-corrected chi connectivity index (χ1v) is 4.54. The Bertz CT molecular complexity index is 128.